The first-order valence-electron chi connectivity index (χ1n) is 5.13. The molecule has 1 aliphatic heterocycles. The Morgan fingerprint density at radius 2 is 2.20 bits per heavy atom. The second kappa shape index (κ2) is 4.18. The van der Waals surface area contributed by atoms with Crippen molar-refractivity contribution < 1.29 is 4.79 Å². The average molecular weight is 199 g/mol. The van der Waals surface area contributed by atoms with Gasteiger partial charge in [0.25, 0.3) is 0 Å². The van der Waals surface area contributed by atoms with Gasteiger partial charge >= 0.3 is 0 Å². The van der Waals surface area contributed by atoms with E-state index < -0.39 is 0 Å². The molecule has 0 radical (unpaired) electrons. The largest absolute Gasteiger partial charge is 0.370 e. The van der Waals surface area contributed by atoms with Gasteiger partial charge in [0.2, 0.25) is 0 Å². The lowest BCUT2D eigenvalue weighted by molar-refractivity contribution is 0.0980. The molecule has 2 rings (SSSR count). The highest BCUT2D eigenvalue weighted by Gasteiger charge is 2.21. The molecule has 1 aliphatic rings. The molecular formula is C13H13NO. The van der Waals surface area contributed by atoms with Gasteiger partial charge in [-0.3, -0.25) is 4.79 Å². The van der Waals surface area contributed by atoms with Gasteiger partial charge in [0.15, 0.2) is 5.78 Å². The van der Waals surface area contributed by atoms with Crippen LogP contribution in [-0.4, -0.2) is 18.9 Å². The minimum Gasteiger partial charge on any atom is -0.370 e. The van der Waals surface area contributed by atoms with Crippen LogP contribution in [0.4, 0.5) is 5.69 Å². The number of fused-ring (bicyclic) bond motifs is 1. The van der Waals surface area contributed by atoms with E-state index in [0.29, 0.717) is 6.42 Å². The molecule has 0 N–H and O–H groups in total. The van der Waals surface area contributed by atoms with Crippen molar-refractivity contribution in [2.24, 2.45) is 0 Å². The fraction of sp³-hybridized carbons (Fsp3) is 0.308. The molecule has 0 atom stereocenters. The number of carbonyl (C=O) groups excluding carboxylic acids is 1. The summed E-state index contributed by atoms with van der Waals surface area (Å²) in [7, 11) is 0. The highest BCUT2D eigenvalue weighted by molar-refractivity contribution is 6.03. The summed E-state index contributed by atoms with van der Waals surface area (Å²) in [5.41, 5.74) is 1.87. The summed E-state index contributed by atoms with van der Waals surface area (Å²) in [6.07, 6.45) is 6.57. The number of anilines is 1. The number of hydrogen-bond donors (Lipinski definition) is 0. The van der Waals surface area contributed by atoms with Gasteiger partial charge in [-0.1, -0.05) is 12.1 Å². The Labute approximate surface area is 89.9 Å². The van der Waals surface area contributed by atoms with Gasteiger partial charge in [-0.2, -0.15) is 0 Å². The molecule has 76 valence electrons. The predicted octanol–water partition coefficient (Wildman–Crippen LogP) is 2.10. The highest BCUT2D eigenvalue weighted by atomic mass is 16.1. The summed E-state index contributed by atoms with van der Waals surface area (Å²) in [6, 6.07) is 7.74. The summed E-state index contributed by atoms with van der Waals surface area (Å²) in [6.45, 7) is 1.62. The maximum atomic E-state index is 11.6. The SMILES string of the molecule is C#CCCN1CCC(=O)c2ccccc21. The van der Waals surface area contributed by atoms with Crippen molar-refractivity contribution in [2.75, 3.05) is 18.0 Å². The van der Waals surface area contributed by atoms with Crippen molar-refractivity contribution in [3.8, 4) is 12.3 Å². The van der Waals surface area contributed by atoms with Crippen LogP contribution in [0.15, 0.2) is 24.3 Å². The molecule has 1 aromatic rings. The Morgan fingerprint density at radius 1 is 1.40 bits per heavy atom. The zero-order valence-corrected chi connectivity index (χ0v) is 8.57. The van der Waals surface area contributed by atoms with Crippen LogP contribution in [0.5, 0.6) is 0 Å². The molecular weight excluding hydrogens is 186 g/mol. The van der Waals surface area contributed by atoms with Crippen molar-refractivity contribution >= 4 is 11.5 Å². The maximum Gasteiger partial charge on any atom is 0.166 e. The summed E-state index contributed by atoms with van der Waals surface area (Å²) in [5, 5.41) is 0. The lowest BCUT2D eigenvalue weighted by atomic mass is 10.0. The van der Waals surface area contributed by atoms with Crippen LogP contribution in [0, 0.1) is 12.3 Å². The molecule has 0 unspecified atom stereocenters. The molecule has 0 spiro atoms. The lowest BCUT2D eigenvalue weighted by Gasteiger charge is -2.29. The first kappa shape index (κ1) is 9.79. The normalized spacial score (nSPS) is 14.6. The number of terminal acetylenes is 1. The molecule has 0 aliphatic carbocycles. The molecule has 0 fully saturated rings. The van der Waals surface area contributed by atoms with E-state index >= 15 is 0 Å². The van der Waals surface area contributed by atoms with Gasteiger partial charge in [-0.25, -0.2) is 0 Å². The highest BCUT2D eigenvalue weighted by Crippen LogP contribution is 2.26. The molecule has 0 bridgehead atoms. The Kier molecular flexibility index (Phi) is 2.73. The summed E-state index contributed by atoms with van der Waals surface area (Å²) in [5.74, 6) is 2.87. The minimum absolute atomic E-state index is 0.238. The molecule has 0 saturated heterocycles. The van der Waals surface area contributed by atoms with E-state index in [1.165, 1.54) is 0 Å². The molecule has 1 aromatic carbocycles. The number of ketones is 1. The third kappa shape index (κ3) is 1.87. The van der Waals surface area contributed by atoms with E-state index in [2.05, 4.69) is 10.8 Å². The number of carbonyl (C=O) groups is 1. The second-order valence-electron chi connectivity index (χ2n) is 3.63. The van der Waals surface area contributed by atoms with Gasteiger partial charge in [-0.15, -0.1) is 12.3 Å². The fourth-order valence-electron chi connectivity index (χ4n) is 1.91. The van der Waals surface area contributed by atoms with E-state index in [0.717, 1.165) is 30.8 Å². The van der Waals surface area contributed by atoms with E-state index in [1.54, 1.807) is 0 Å². The zero-order chi connectivity index (χ0) is 10.7. The Balaban J connectivity index is 2.28. The Bertz CT molecular complexity index is 417. The van der Waals surface area contributed by atoms with Crippen molar-refractivity contribution in [3.05, 3.63) is 29.8 Å². The minimum atomic E-state index is 0.238. The van der Waals surface area contributed by atoms with Crippen LogP contribution in [0.2, 0.25) is 0 Å². The molecule has 2 heteroatoms. The molecule has 15 heavy (non-hydrogen) atoms. The fourth-order valence-corrected chi connectivity index (χ4v) is 1.91. The van der Waals surface area contributed by atoms with Crippen molar-refractivity contribution in [1.29, 1.82) is 0 Å². The first-order valence-corrected chi connectivity index (χ1v) is 5.13. The quantitative estimate of drug-likeness (QED) is 0.680. The van der Waals surface area contributed by atoms with E-state index in [-0.39, 0.29) is 5.78 Å². The zero-order valence-electron chi connectivity index (χ0n) is 8.57. The van der Waals surface area contributed by atoms with E-state index in [9.17, 15) is 4.79 Å². The van der Waals surface area contributed by atoms with Crippen molar-refractivity contribution in [1.82, 2.24) is 0 Å². The second-order valence-corrected chi connectivity index (χ2v) is 3.63. The van der Waals surface area contributed by atoms with Crippen LogP contribution in [0.3, 0.4) is 0 Å². The van der Waals surface area contributed by atoms with Crippen molar-refractivity contribution in [2.45, 2.75) is 12.8 Å². The monoisotopic (exact) mass is 199 g/mol. The molecule has 0 aromatic heterocycles. The van der Waals surface area contributed by atoms with Crippen molar-refractivity contribution in [3.63, 3.8) is 0 Å². The summed E-state index contributed by atoms with van der Waals surface area (Å²) < 4.78 is 0. The van der Waals surface area contributed by atoms with E-state index in [4.69, 9.17) is 6.42 Å². The number of benzene rings is 1. The van der Waals surface area contributed by atoms with E-state index in [1.807, 2.05) is 24.3 Å². The number of rotatable bonds is 2. The molecule has 2 nitrogen and oxygen atoms in total. The van der Waals surface area contributed by atoms with Crippen LogP contribution in [0.25, 0.3) is 0 Å². The van der Waals surface area contributed by atoms with Crippen LogP contribution >= 0.6 is 0 Å². The smallest absolute Gasteiger partial charge is 0.166 e. The van der Waals surface area contributed by atoms with Crippen LogP contribution in [0.1, 0.15) is 23.2 Å². The predicted molar refractivity (Wildman–Crippen MR) is 61.1 cm³/mol. The first-order chi connectivity index (χ1) is 7.33. The third-order valence-electron chi connectivity index (χ3n) is 2.68. The molecule has 0 amide bonds. The number of hydrogen-bond acceptors (Lipinski definition) is 2. The van der Waals surface area contributed by atoms with Gasteiger partial charge in [0.1, 0.15) is 0 Å². The summed E-state index contributed by atoms with van der Waals surface area (Å²) in [4.78, 5) is 13.8. The standard InChI is InChI=1S/C13H13NO/c1-2-3-9-14-10-8-13(15)11-6-4-5-7-12(11)14/h1,4-7H,3,8-10H2. The molecule has 1 heterocycles. The maximum absolute atomic E-state index is 11.6. The molecule has 0 saturated carbocycles. The Morgan fingerprint density at radius 3 is 3.00 bits per heavy atom. The van der Waals surface area contributed by atoms with Crippen LogP contribution in [-0.2, 0) is 0 Å². The van der Waals surface area contributed by atoms with Gasteiger partial charge in [-0.05, 0) is 12.1 Å². The van der Waals surface area contributed by atoms with Crippen LogP contribution < -0.4 is 4.90 Å². The number of nitrogens with zero attached hydrogens (tertiary/aromatic N) is 1. The number of para-hydroxylation sites is 1. The van der Waals surface area contributed by atoms with Gasteiger partial charge < -0.3 is 4.90 Å². The average Bonchev–Trinajstić information content (AvgIpc) is 2.29. The number of Topliss-reactive ketones (excluding diaryl/α,β-unsaturated/α-hetero) is 1. The lowest BCUT2D eigenvalue weighted by Crippen LogP contribution is -2.32. The third-order valence-corrected chi connectivity index (χ3v) is 2.68. The van der Waals surface area contributed by atoms with Gasteiger partial charge in [0.05, 0.1) is 0 Å². The van der Waals surface area contributed by atoms with Gasteiger partial charge in [0, 0.05) is 37.2 Å². The topological polar surface area (TPSA) is 20.3 Å². The summed E-state index contributed by atoms with van der Waals surface area (Å²) >= 11 is 0. The Hall–Kier alpha value is -1.75.